The van der Waals surface area contributed by atoms with Crippen molar-refractivity contribution in [1.82, 2.24) is 20.4 Å². The van der Waals surface area contributed by atoms with E-state index in [1.54, 1.807) is 4.90 Å². The molecule has 10 heteroatoms. The summed E-state index contributed by atoms with van der Waals surface area (Å²) in [5.74, 6) is 0.840. The molecule has 49 heavy (non-hydrogen) atoms. The number of fused-ring (bicyclic) bond motifs is 1. The fraction of sp³-hybridized carbons (Fsp3) is 0.590. The Labute approximate surface area is 293 Å². The lowest BCUT2D eigenvalue weighted by Gasteiger charge is -2.34. The van der Waals surface area contributed by atoms with E-state index in [-0.39, 0.29) is 36.3 Å². The van der Waals surface area contributed by atoms with Crippen LogP contribution in [0.1, 0.15) is 109 Å². The number of carbonyl (C=O) groups is 3. The Bertz CT molecular complexity index is 1380. The molecule has 0 saturated heterocycles. The van der Waals surface area contributed by atoms with Gasteiger partial charge in [0.2, 0.25) is 17.8 Å². The summed E-state index contributed by atoms with van der Waals surface area (Å²) in [4.78, 5) is 47.9. The predicted molar refractivity (Wildman–Crippen MR) is 194 cm³/mol. The van der Waals surface area contributed by atoms with Gasteiger partial charge in [-0.1, -0.05) is 109 Å². The van der Waals surface area contributed by atoms with Crippen LogP contribution in [-0.4, -0.2) is 65.9 Å². The van der Waals surface area contributed by atoms with E-state index in [0.717, 1.165) is 43.4 Å². The first kappa shape index (κ1) is 37.7. The summed E-state index contributed by atoms with van der Waals surface area (Å²) in [5.41, 5.74) is 2.26. The van der Waals surface area contributed by atoms with E-state index < -0.39 is 6.09 Å². The van der Waals surface area contributed by atoms with Crippen LogP contribution in [0.4, 0.5) is 10.5 Å². The molecule has 10 nitrogen and oxygen atoms in total. The molecule has 1 saturated carbocycles. The minimum atomic E-state index is -0.666. The molecule has 0 aromatic heterocycles. The van der Waals surface area contributed by atoms with E-state index in [2.05, 4.69) is 43.2 Å². The maximum atomic E-state index is 13.4. The van der Waals surface area contributed by atoms with Crippen molar-refractivity contribution in [1.29, 1.82) is 0 Å². The number of para-hydroxylation sites is 1. The van der Waals surface area contributed by atoms with Crippen molar-refractivity contribution in [2.24, 2.45) is 10.4 Å². The Kier molecular flexibility index (Phi) is 14.8. The molecule has 1 heterocycles. The molecule has 0 bridgehead atoms. The number of hydrogen-bond donors (Lipinski definition) is 2. The molecule has 1 aliphatic carbocycles. The summed E-state index contributed by atoms with van der Waals surface area (Å²) in [5, 5.41) is 5.74. The van der Waals surface area contributed by atoms with Crippen molar-refractivity contribution in [2.75, 3.05) is 26.2 Å². The SMILES string of the molecule is CCCCCCN(C(=O)CCCOc1cccc2c1N=C(NC(=O)OCc1ccccc1)N(CC(=O)NCC(C)(C)C)C2)C1CCCCC1. The van der Waals surface area contributed by atoms with Crippen LogP contribution in [0.15, 0.2) is 53.5 Å². The van der Waals surface area contributed by atoms with Crippen LogP contribution >= 0.6 is 0 Å². The van der Waals surface area contributed by atoms with Gasteiger partial charge in [-0.3, -0.25) is 14.9 Å². The third-order valence-electron chi connectivity index (χ3n) is 8.92. The highest BCUT2D eigenvalue weighted by Gasteiger charge is 2.27. The van der Waals surface area contributed by atoms with Gasteiger partial charge in [0.1, 0.15) is 24.6 Å². The van der Waals surface area contributed by atoms with E-state index in [4.69, 9.17) is 14.5 Å². The molecular formula is C39H57N5O5. The first-order chi connectivity index (χ1) is 23.6. The number of hydrogen-bond acceptors (Lipinski definition) is 7. The monoisotopic (exact) mass is 675 g/mol. The van der Waals surface area contributed by atoms with E-state index in [1.807, 2.05) is 48.5 Å². The Morgan fingerprint density at radius 2 is 1.73 bits per heavy atom. The van der Waals surface area contributed by atoms with Crippen molar-refractivity contribution in [3.05, 3.63) is 59.7 Å². The highest BCUT2D eigenvalue weighted by atomic mass is 16.5. The van der Waals surface area contributed by atoms with Crippen molar-refractivity contribution < 1.29 is 23.9 Å². The number of benzene rings is 2. The number of carbonyl (C=O) groups excluding carboxylic acids is 3. The molecule has 3 amide bonds. The maximum Gasteiger partial charge on any atom is 0.414 e. The highest BCUT2D eigenvalue weighted by Crippen LogP contribution is 2.35. The van der Waals surface area contributed by atoms with Gasteiger partial charge in [0.25, 0.3) is 0 Å². The molecule has 0 spiro atoms. The largest absolute Gasteiger partial charge is 0.491 e. The zero-order chi connectivity index (χ0) is 35.1. The van der Waals surface area contributed by atoms with Crippen LogP contribution in [0.3, 0.4) is 0 Å². The van der Waals surface area contributed by atoms with Crippen molar-refractivity contribution in [3.8, 4) is 5.75 Å². The lowest BCUT2D eigenvalue weighted by atomic mass is 9.93. The Morgan fingerprint density at radius 3 is 2.47 bits per heavy atom. The van der Waals surface area contributed by atoms with Crippen molar-refractivity contribution in [2.45, 2.75) is 118 Å². The van der Waals surface area contributed by atoms with Crippen LogP contribution in [0, 0.1) is 5.41 Å². The molecule has 1 aliphatic heterocycles. The Hall–Kier alpha value is -4.08. The van der Waals surface area contributed by atoms with Crippen molar-refractivity contribution >= 4 is 29.6 Å². The van der Waals surface area contributed by atoms with Gasteiger partial charge in [-0.25, -0.2) is 9.79 Å². The van der Waals surface area contributed by atoms with Crippen LogP contribution in [0.25, 0.3) is 0 Å². The molecule has 4 rings (SSSR count). The minimum Gasteiger partial charge on any atom is -0.491 e. The summed E-state index contributed by atoms with van der Waals surface area (Å²) in [6, 6.07) is 15.5. The van der Waals surface area contributed by atoms with E-state index in [9.17, 15) is 14.4 Å². The number of alkyl carbamates (subject to hydrolysis) is 1. The number of amides is 3. The van der Waals surface area contributed by atoms with Crippen LogP contribution in [0.2, 0.25) is 0 Å². The summed E-state index contributed by atoms with van der Waals surface area (Å²) in [6.45, 7) is 10.6. The zero-order valence-corrected chi connectivity index (χ0v) is 30.1. The van der Waals surface area contributed by atoms with Gasteiger partial charge >= 0.3 is 6.09 Å². The number of guanidine groups is 1. The number of nitrogens with one attached hydrogen (secondary N) is 2. The van der Waals surface area contributed by atoms with Gasteiger partial charge in [-0.15, -0.1) is 0 Å². The van der Waals surface area contributed by atoms with Crippen molar-refractivity contribution in [3.63, 3.8) is 0 Å². The molecule has 2 N–H and O–H groups in total. The molecule has 1 fully saturated rings. The third kappa shape index (κ3) is 12.7. The molecule has 2 aliphatic rings. The average molecular weight is 676 g/mol. The van der Waals surface area contributed by atoms with Crippen LogP contribution in [0.5, 0.6) is 5.75 Å². The van der Waals surface area contributed by atoms with Gasteiger partial charge in [0.15, 0.2) is 0 Å². The molecule has 268 valence electrons. The second kappa shape index (κ2) is 19.2. The summed E-state index contributed by atoms with van der Waals surface area (Å²) in [7, 11) is 0. The standard InChI is InChI=1S/C39H57N5O5/c1-5-6-7-14-24-44(32-20-12-9-13-21-32)35(46)23-16-25-48-33-22-15-19-31-26-43(27-34(45)40-29-39(2,3)4)37(41-36(31)33)42-38(47)49-28-30-17-10-8-11-18-30/h8,10-11,15,17-19,22,32H,5-7,9,12-14,16,20-21,23-29H2,1-4H3,(H,40,45)(H,41,42,47). The van der Waals surface area contributed by atoms with E-state index >= 15 is 0 Å². The van der Waals surface area contributed by atoms with Gasteiger partial charge in [0, 0.05) is 37.7 Å². The molecule has 0 atom stereocenters. The van der Waals surface area contributed by atoms with Gasteiger partial charge < -0.3 is 24.6 Å². The molecule has 0 unspecified atom stereocenters. The number of ether oxygens (including phenoxy) is 2. The Balaban J connectivity index is 1.40. The number of nitrogens with zero attached hydrogens (tertiary/aromatic N) is 3. The van der Waals surface area contributed by atoms with Gasteiger partial charge in [0.05, 0.1) is 6.61 Å². The first-order valence-electron chi connectivity index (χ1n) is 18.2. The summed E-state index contributed by atoms with van der Waals surface area (Å²) in [6.07, 6.45) is 10.9. The van der Waals surface area contributed by atoms with E-state index in [1.165, 1.54) is 32.1 Å². The first-order valence-corrected chi connectivity index (χ1v) is 18.2. The highest BCUT2D eigenvalue weighted by molar-refractivity contribution is 5.98. The number of aliphatic imine (C=N–C) groups is 1. The molecule has 0 radical (unpaired) electrons. The summed E-state index contributed by atoms with van der Waals surface area (Å²) < 4.78 is 11.7. The lowest BCUT2D eigenvalue weighted by molar-refractivity contribution is -0.134. The normalized spacial score (nSPS) is 14.8. The van der Waals surface area contributed by atoms with Crippen LogP contribution in [-0.2, 0) is 27.5 Å². The molecular weight excluding hydrogens is 618 g/mol. The quantitative estimate of drug-likeness (QED) is 0.179. The molecule has 2 aromatic rings. The van der Waals surface area contributed by atoms with E-state index in [0.29, 0.717) is 50.0 Å². The van der Waals surface area contributed by atoms with Gasteiger partial charge in [-0.2, -0.15) is 0 Å². The van der Waals surface area contributed by atoms with Gasteiger partial charge in [-0.05, 0) is 42.7 Å². The maximum absolute atomic E-state index is 13.4. The number of unbranched alkanes of at least 4 members (excludes halogenated alkanes) is 3. The fourth-order valence-electron chi connectivity index (χ4n) is 6.24. The Morgan fingerprint density at radius 1 is 0.959 bits per heavy atom. The topological polar surface area (TPSA) is 113 Å². The fourth-order valence-corrected chi connectivity index (χ4v) is 6.24. The van der Waals surface area contributed by atoms with Crippen LogP contribution < -0.4 is 15.4 Å². The third-order valence-corrected chi connectivity index (χ3v) is 8.92. The summed E-state index contributed by atoms with van der Waals surface area (Å²) >= 11 is 0. The average Bonchev–Trinajstić information content (AvgIpc) is 3.09. The lowest BCUT2D eigenvalue weighted by Crippen LogP contribution is -2.49. The minimum absolute atomic E-state index is 0.0104. The number of rotatable bonds is 16. The zero-order valence-electron chi connectivity index (χ0n) is 30.1. The molecule has 2 aromatic carbocycles. The second-order valence-corrected chi connectivity index (χ2v) is 14.5. The second-order valence-electron chi connectivity index (χ2n) is 14.5. The smallest absolute Gasteiger partial charge is 0.414 e. The predicted octanol–water partition coefficient (Wildman–Crippen LogP) is 7.48.